The van der Waals surface area contributed by atoms with Crippen molar-refractivity contribution in [2.24, 2.45) is 16.1 Å². The molecule has 23 heavy (non-hydrogen) atoms. The second-order valence-electron chi connectivity index (χ2n) is 6.51. The molecule has 2 rings (SSSR count). The molecule has 0 atom stereocenters. The lowest BCUT2D eigenvalue weighted by Gasteiger charge is -2.26. The van der Waals surface area contributed by atoms with E-state index in [9.17, 15) is 8.42 Å². The Morgan fingerprint density at radius 2 is 2.00 bits per heavy atom. The third-order valence-corrected chi connectivity index (χ3v) is 5.31. The molecular formula is C14H29IN4O3S. The Labute approximate surface area is 156 Å². The fourth-order valence-electron chi connectivity index (χ4n) is 2.73. The van der Waals surface area contributed by atoms with Crippen LogP contribution in [0.2, 0.25) is 0 Å². The van der Waals surface area contributed by atoms with Crippen molar-refractivity contribution in [3.63, 3.8) is 0 Å². The average Bonchev–Trinajstić information content (AvgIpc) is 3.20. The number of ether oxygens (including phenoxy) is 1. The number of nitrogens with zero attached hydrogens (tertiary/aromatic N) is 2. The second-order valence-corrected chi connectivity index (χ2v) is 8.65. The Morgan fingerprint density at radius 3 is 2.57 bits per heavy atom. The standard InChI is InChI=1S/C14H28N4O3S.HI/c1-22(19,20)12-14(3-4-14)11-17-13(15)16-5-2-6-18-7-9-21-10-8-18;/h2-12H2,1H3,(H3,15,16,17);1H. The number of rotatable bonds is 8. The summed E-state index contributed by atoms with van der Waals surface area (Å²) in [5.41, 5.74) is 5.69. The van der Waals surface area contributed by atoms with E-state index in [1.807, 2.05) is 0 Å². The molecule has 1 saturated heterocycles. The van der Waals surface area contributed by atoms with E-state index in [0.29, 0.717) is 12.5 Å². The molecule has 0 bridgehead atoms. The maximum Gasteiger partial charge on any atom is 0.188 e. The van der Waals surface area contributed by atoms with Crippen molar-refractivity contribution >= 4 is 39.8 Å². The van der Waals surface area contributed by atoms with E-state index in [1.165, 1.54) is 6.26 Å². The SMILES string of the molecule is CS(=O)(=O)CC1(CN=C(N)NCCCN2CCOCC2)CC1.I. The zero-order valence-electron chi connectivity index (χ0n) is 13.8. The third-order valence-electron chi connectivity index (χ3n) is 4.17. The normalized spacial score (nSPS) is 21.5. The van der Waals surface area contributed by atoms with Crippen molar-refractivity contribution < 1.29 is 13.2 Å². The predicted molar refractivity (Wildman–Crippen MR) is 103 cm³/mol. The molecule has 7 nitrogen and oxygen atoms in total. The highest BCUT2D eigenvalue weighted by atomic mass is 127. The number of nitrogens with two attached hydrogens (primary N) is 1. The molecule has 0 unspecified atom stereocenters. The van der Waals surface area contributed by atoms with Gasteiger partial charge in [0, 0.05) is 37.8 Å². The third kappa shape index (κ3) is 8.50. The molecule has 0 spiro atoms. The van der Waals surface area contributed by atoms with Crippen LogP contribution in [0, 0.1) is 5.41 Å². The number of hydrogen-bond acceptors (Lipinski definition) is 5. The molecular weight excluding hydrogens is 431 g/mol. The number of sulfone groups is 1. The molecule has 136 valence electrons. The van der Waals surface area contributed by atoms with Crippen LogP contribution in [-0.4, -0.2) is 77.2 Å². The van der Waals surface area contributed by atoms with Crippen LogP contribution < -0.4 is 11.1 Å². The van der Waals surface area contributed by atoms with E-state index in [1.54, 1.807) is 0 Å². The van der Waals surface area contributed by atoms with E-state index in [2.05, 4.69) is 15.2 Å². The first kappa shape index (κ1) is 20.9. The summed E-state index contributed by atoms with van der Waals surface area (Å²) >= 11 is 0. The smallest absolute Gasteiger partial charge is 0.188 e. The van der Waals surface area contributed by atoms with Gasteiger partial charge in [-0.05, 0) is 25.8 Å². The van der Waals surface area contributed by atoms with Gasteiger partial charge >= 0.3 is 0 Å². The first-order chi connectivity index (χ1) is 10.4. The monoisotopic (exact) mass is 460 g/mol. The molecule has 0 aromatic heterocycles. The van der Waals surface area contributed by atoms with Gasteiger partial charge in [-0.2, -0.15) is 0 Å². The zero-order valence-corrected chi connectivity index (χ0v) is 16.9. The Kier molecular flexibility index (Phi) is 8.53. The minimum atomic E-state index is -2.95. The largest absolute Gasteiger partial charge is 0.379 e. The Hall–Kier alpha value is -0.130. The van der Waals surface area contributed by atoms with Crippen molar-refractivity contribution in [2.75, 3.05) is 57.9 Å². The van der Waals surface area contributed by atoms with Gasteiger partial charge in [0.05, 0.1) is 19.0 Å². The van der Waals surface area contributed by atoms with Crippen LogP contribution in [0.3, 0.4) is 0 Å². The summed E-state index contributed by atoms with van der Waals surface area (Å²) < 4.78 is 28.1. The maximum atomic E-state index is 11.4. The highest BCUT2D eigenvalue weighted by molar-refractivity contribution is 14.0. The van der Waals surface area contributed by atoms with Gasteiger partial charge in [-0.15, -0.1) is 24.0 Å². The van der Waals surface area contributed by atoms with Gasteiger partial charge in [0.15, 0.2) is 5.96 Å². The fraction of sp³-hybridized carbons (Fsp3) is 0.929. The number of nitrogens with one attached hydrogen (secondary N) is 1. The zero-order chi connectivity index (χ0) is 16.1. The summed E-state index contributed by atoms with van der Waals surface area (Å²) in [6, 6.07) is 0. The summed E-state index contributed by atoms with van der Waals surface area (Å²) in [7, 11) is -2.95. The van der Waals surface area contributed by atoms with Crippen molar-refractivity contribution in [3.05, 3.63) is 0 Å². The van der Waals surface area contributed by atoms with Crippen molar-refractivity contribution in [1.29, 1.82) is 0 Å². The number of aliphatic imine (C=N–C) groups is 1. The minimum Gasteiger partial charge on any atom is -0.379 e. The van der Waals surface area contributed by atoms with Crippen LogP contribution in [-0.2, 0) is 14.6 Å². The van der Waals surface area contributed by atoms with Gasteiger partial charge in [0.2, 0.25) is 0 Å². The highest BCUT2D eigenvalue weighted by Crippen LogP contribution is 2.46. The molecule has 0 radical (unpaired) electrons. The van der Waals surface area contributed by atoms with Gasteiger partial charge in [0.25, 0.3) is 0 Å². The van der Waals surface area contributed by atoms with Crippen LogP contribution in [0.15, 0.2) is 4.99 Å². The number of guanidine groups is 1. The summed E-state index contributed by atoms with van der Waals surface area (Å²) in [5.74, 6) is 0.634. The van der Waals surface area contributed by atoms with Gasteiger partial charge < -0.3 is 15.8 Å². The Bertz CT molecular complexity index is 488. The van der Waals surface area contributed by atoms with Gasteiger partial charge in [0.1, 0.15) is 9.84 Å². The molecule has 2 fully saturated rings. The van der Waals surface area contributed by atoms with E-state index >= 15 is 0 Å². The molecule has 1 aliphatic heterocycles. The molecule has 2 aliphatic rings. The highest BCUT2D eigenvalue weighted by Gasteiger charge is 2.45. The quantitative estimate of drug-likeness (QED) is 0.230. The maximum absolute atomic E-state index is 11.4. The van der Waals surface area contributed by atoms with Gasteiger partial charge in [-0.3, -0.25) is 9.89 Å². The summed E-state index contributed by atoms with van der Waals surface area (Å²) in [6.07, 6.45) is 4.14. The molecule has 3 N–H and O–H groups in total. The summed E-state index contributed by atoms with van der Waals surface area (Å²) in [6.45, 7) is 5.95. The molecule has 1 heterocycles. The van der Waals surface area contributed by atoms with Crippen LogP contribution in [0.25, 0.3) is 0 Å². The van der Waals surface area contributed by atoms with Crippen molar-refractivity contribution in [1.82, 2.24) is 10.2 Å². The average molecular weight is 460 g/mol. The van der Waals surface area contributed by atoms with Gasteiger partial charge in [-0.25, -0.2) is 8.42 Å². The molecule has 1 saturated carbocycles. The second kappa shape index (κ2) is 9.38. The molecule has 1 aliphatic carbocycles. The minimum absolute atomic E-state index is 0. The molecule has 9 heteroatoms. The predicted octanol–water partition coefficient (Wildman–Crippen LogP) is 0.0558. The Morgan fingerprint density at radius 1 is 1.35 bits per heavy atom. The summed E-state index contributed by atoms with van der Waals surface area (Å²) in [5, 5.41) is 3.11. The van der Waals surface area contributed by atoms with Crippen LogP contribution >= 0.6 is 24.0 Å². The van der Waals surface area contributed by atoms with Crippen LogP contribution in [0.5, 0.6) is 0 Å². The molecule has 0 aromatic carbocycles. The number of morpholine rings is 1. The van der Waals surface area contributed by atoms with Gasteiger partial charge in [-0.1, -0.05) is 0 Å². The van der Waals surface area contributed by atoms with E-state index in [-0.39, 0.29) is 35.1 Å². The first-order valence-electron chi connectivity index (χ1n) is 7.90. The lowest BCUT2D eigenvalue weighted by atomic mass is 10.1. The van der Waals surface area contributed by atoms with E-state index in [4.69, 9.17) is 10.5 Å². The van der Waals surface area contributed by atoms with E-state index in [0.717, 1.165) is 58.7 Å². The molecule has 0 amide bonds. The first-order valence-corrected chi connectivity index (χ1v) is 9.96. The lowest BCUT2D eigenvalue weighted by Crippen LogP contribution is -2.39. The van der Waals surface area contributed by atoms with Crippen LogP contribution in [0.4, 0.5) is 0 Å². The number of halogens is 1. The summed E-state index contributed by atoms with van der Waals surface area (Å²) in [4.78, 5) is 6.69. The number of hydrogen-bond donors (Lipinski definition) is 2. The Balaban J connectivity index is 0.00000264. The van der Waals surface area contributed by atoms with Crippen molar-refractivity contribution in [2.45, 2.75) is 19.3 Å². The van der Waals surface area contributed by atoms with E-state index < -0.39 is 9.84 Å². The fourth-order valence-corrected chi connectivity index (χ4v) is 4.23. The van der Waals surface area contributed by atoms with Crippen LogP contribution in [0.1, 0.15) is 19.3 Å². The molecule has 0 aromatic rings. The topological polar surface area (TPSA) is 97.0 Å². The lowest BCUT2D eigenvalue weighted by molar-refractivity contribution is 0.0376. The van der Waals surface area contributed by atoms with Crippen molar-refractivity contribution in [3.8, 4) is 0 Å².